The van der Waals surface area contributed by atoms with Crippen molar-refractivity contribution in [2.45, 2.75) is 18.5 Å². The van der Waals surface area contributed by atoms with E-state index in [2.05, 4.69) is 17.3 Å². The Bertz CT molecular complexity index is 832. The van der Waals surface area contributed by atoms with Crippen molar-refractivity contribution >= 4 is 23.0 Å². The van der Waals surface area contributed by atoms with Crippen molar-refractivity contribution in [3.63, 3.8) is 0 Å². The van der Waals surface area contributed by atoms with Crippen molar-refractivity contribution in [1.82, 2.24) is 4.90 Å². The Kier molecular flexibility index (Phi) is 4.88. The molecule has 1 fully saturated rings. The lowest BCUT2D eigenvalue weighted by atomic mass is 9.99. The van der Waals surface area contributed by atoms with Gasteiger partial charge in [0.05, 0.1) is 22.2 Å². The summed E-state index contributed by atoms with van der Waals surface area (Å²) < 4.78 is 0. The maximum absolute atomic E-state index is 10.9. The molecular weight excluding hydrogens is 340 g/mol. The molecule has 1 N–H and O–H groups in total. The van der Waals surface area contributed by atoms with E-state index in [-0.39, 0.29) is 23.3 Å². The largest absolute Gasteiger partial charge is 0.379 e. The van der Waals surface area contributed by atoms with Gasteiger partial charge in [-0.15, -0.1) is 0 Å². The van der Waals surface area contributed by atoms with E-state index in [0.717, 1.165) is 18.5 Å². The van der Waals surface area contributed by atoms with Gasteiger partial charge in [-0.3, -0.25) is 15.0 Å². The highest BCUT2D eigenvalue weighted by atomic mass is 35.5. The van der Waals surface area contributed by atoms with Gasteiger partial charge >= 0.3 is 0 Å². The van der Waals surface area contributed by atoms with Gasteiger partial charge in [-0.2, -0.15) is 5.26 Å². The van der Waals surface area contributed by atoms with E-state index in [0.29, 0.717) is 10.7 Å². The first-order valence-electron chi connectivity index (χ1n) is 7.90. The first kappa shape index (κ1) is 17.2. The SMILES string of the molecule is CN1CCC(Nc2ccc([N+](=O)[O-])cc2C#N)C1c1ccc(Cl)cc1. The quantitative estimate of drug-likeness (QED) is 0.661. The standard InChI is InChI=1S/C18H17ClN4O2/c1-22-9-8-17(18(22)12-2-4-14(19)5-3-12)21-16-7-6-15(23(24)25)10-13(16)11-20/h2-7,10,17-18,21H,8-9H2,1H3. The van der Waals surface area contributed by atoms with E-state index < -0.39 is 4.92 Å². The zero-order chi connectivity index (χ0) is 18.0. The first-order valence-corrected chi connectivity index (χ1v) is 8.28. The molecular formula is C18H17ClN4O2. The molecule has 1 saturated heterocycles. The van der Waals surface area contributed by atoms with Crippen LogP contribution in [-0.4, -0.2) is 29.5 Å². The Morgan fingerprint density at radius 1 is 1.32 bits per heavy atom. The predicted molar refractivity (Wildman–Crippen MR) is 96.7 cm³/mol. The molecule has 0 aliphatic carbocycles. The summed E-state index contributed by atoms with van der Waals surface area (Å²) in [5.41, 5.74) is 1.95. The summed E-state index contributed by atoms with van der Waals surface area (Å²) in [6.45, 7) is 0.916. The van der Waals surface area contributed by atoms with Gasteiger partial charge in [0.25, 0.3) is 5.69 Å². The van der Waals surface area contributed by atoms with Crippen LogP contribution in [0.1, 0.15) is 23.6 Å². The van der Waals surface area contributed by atoms with Crippen molar-refractivity contribution < 1.29 is 4.92 Å². The minimum absolute atomic E-state index is 0.0834. The van der Waals surface area contributed by atoms with Gasteiger partial charge in [-0.1, -0.05) is 23.7 Å². The fourth-order valence-electron chi connectivity index (χ4n) is 3.31. The molecule has 3 rings (SSSR count). The van der Waals surface area contributed by atoms with Crippen molar-refractivity contribution in [2.75, 3.05) is 18.9 Å². The molecule has 1 aliphatic rings. The molecule has 0 amide bonds. The van der Waals surface area contributed by atoms with Crippen molar-refractivity contribution in [1.29, 1.82) is 5.26 Å². The van der Waals surface area contributed by atoms with Crippen LogP contribution in [0.2, 0.25) is 5.02 Å². The second-order valence-corrected chi connectivity index (χ2v) is 6.55. The number of benzene rings is 2. The zero-order valence-corrected chi connectivity index (χ0v) is 14.4. The number of likely N-dealkylation sites (N-methyl/N-ethyl adjacent to an activating group) is 1. The highest BCUT2D eigenvalue weighted by Crippen LogP contribution is 2.34. The molecule has 2 aromatic carbocycles. The fourth-order valence-corrected chi connectivity index (χ4v) is 3.43. The van der Waals surface area contributed by atoms with Crippen LogP contribution in [0.5, 0.6) is 0 Å². The number of likely N-dealkylation sites (tertiary alicyclic amines) is 1. The van der Waals surface area contributed by atoms with E-state index in [1.54, 1.807) is 6.07 Å². The summed E-state index contributed by atoms with van der Waals surface area (Å²) >= 11 is 5.98. The molecule has 2 atom stereocenters. The number of halogens is 1. The summed E-state index contributed by atoms with van der Waals surface area (Å²) in [6, 6.07) is 14.3. The molecule has 0 aromatic heterocycles. The third-order valence-corrected chi connectivity index (χ3v) is 4.79. The summed E-state index contributed by atoms with van der Waals surface area (Å²) in [6.07, 6.45) is 0.908. The van der Waals surface area contributed by atoms with E-state index in [1.165, 1.54) is 12.1 Å². The molecule has 7 heteroatoms. The molecule has 0 bridgehead atoms. The second-order valence-electron chi connectivity index (χ2n) is 6.12. The van der Waals surface area contributed by atoms with Gasteiger partial charge in [0.1, 0.15) is 6.07 Å². The third-order valence-electron chi connectivity index (χ3n) is 4.54. The molecule has 128 valence electrons. The summed E-state index contributed by atoms with van der Waals surface area (Å²) in [7, 11) is 2.06. The van der Waals surface area contributed by atoms with Crippen molar-refractivity contribution in [3.05, 3.63) is 68.7 Å². The lowest BCUT2D eigenvalue weighted by molar-refractivity contribution is -0.384. The maximum atomic E-state index is 10.9. The number of hydrogen-bond donors (Lipinski definition) is 1. The molecule has 2 unspecified atom stereocenters. The summed E-state index contributed by atoms with van der Waals surface area (Å²) in [4.78, 5) is 12.6. The van der Waals surface area contributed by atoms with E-state index in [1.807, 2.05) is 30.3 Å². The van der Waals surface area contributed by atoms with Gasteiger partial charge < -0.3 is 5.32 Å². The number of hydrogen-bond acceptors (Lipinski definition) is 5. The van der Waals surface area contributed by atoms with Crippen LogP contribution in [0.25, 0.3) is 0 Å². The molecule has 1 aliphatic heterocycles. The summed E-state index contributed by atoms with van der Waals surface area (Å²) in [5.74, 6) is 0. The van der Waals surface area contributed by atoms with Gasteiger partial charge in [0.15, 0.2) is 0 Å². The van der Waals surface area contributed by atoms with Crippen LogP contribution in [0.4, 0.5) is 11.4 Å². The lowest BCUT2D eigenvalue weighted by Crippen LogP contribution is -2.29. The van der Waals surface area contributed by atoms with E-state index >= 15 is 0 Å². The number of nitriles is 1. The predicted octanol–water partition coefficient (Wildman–Crippen LogP) is 3.98. The Morgan fingerprint density at radius 3 is 2.68 bits per heavy atom. The number of anilines is 1. The van der Waals surface area contributed by atoms with E-state index in [4.69, 9.17) is 11.6 Å². The number of nitrogens with zero attached hydrogens (tertiary/aromatic N) is 3. The fraction of sp³-hybridized carbons (Fsp3) is 0.278. The topological polar surface area (TPSA) is 82.2 Å². The average molecular weight is 357 g/mol. The molecule has 0 saturated carbocycles. The van der Waals surface area contributed by atoms with Crippen molar-refractivity contribution in [2.24, 2.45) is 0 Å². The zero-order valence-electron chi connectivity index (χ0n) is 13.6. The highest BCUT2D eigenvalue weighted by Gasteiger charge is 2.33. The van der Waals surface area contributed by atoms with Crippen LogP contribution in [0.15, 0.2) is 42.5 Å². The molecule has 1 heterocycles. The molecule has 0 spiro atoms. The number of non-ortho nitro benzene ring substituents is 1. The minimum Gasteiger partial charge on any atom is -0.379 e. The van der Waals surface area contributed by atoms with Crippen LogP contribution < -0.4 is 5.32 Å². The monoisotopic (exact) mass is 356 g/mol. The Hall–Kier alpha value is -2.62. The Balaban J connectivity index is 1.87. The van der Waals surface area contributed by atoms with Crippen molar-refractivity contribution in [3.8, 4) is 6.07 Å². The smallest absolute Gasteiger partial charge is 0.270 e. The molecule has 6 nitrogen and oxygen atoms in total. The third kappa shape index (κ3) is 3.58. The number of rotatable bonds is 4. The summed E-state index contributed by atoms with van der Waals surface area (Å²) in [5, 5.41) is 24.3. The average Bonchev–Trinajstić information content (AvgIpc) is 2.96. The Labute approximate surface area is 150 Å². The van der Waals surface area contributed by atoms with Gasteiger partial charge in [0.2, 0.25) is 0 Å². The van der Waals surface area contributed by atoms with Crippen LogP contribution >= 0.6 is 11.6 Å². The number of nitro benzene ring substituents is 1. The van der Waals surface area contributed by atoms with E-state index in [9.17, 15) is 15.4 Å². The van der Waals surface area contributed by atoms with Gasteiger partial charge in [0, 0.05) is 29.7 Å². The normalized spacial score (nSPS) is 20.2. The van der Waals surface area contributed by atoms with Crippen LogP contribution in [0.3, 0.4) is 0 Å². The van der Waals surface area contributed by atoms with Crippen LogP contribution in [0, 0.1) is 21.4 Å². The lowest BCUT2D eigenvalue weighted by Gasteiger charge is -2.27. The first-order chi connectivity index (χ1) is 12.0. The highest BCUT2D eigenvalue weighted by molar-refractivity contribution is 6.30. The Morgan fingerprint density at radius 2 is 2.04 bits per heavy atom. The van der Waals surface area contributed by atoms with Crippen LogP contribution in [-0.2, 0) is 0 Å². The second kappa shape index (κ2) is 7.09. The minimum atomic E-state index is -0.496. The van der Waals surface area contributed by atoms with Gasteiger partial charge in [-0.25, -0.2) is 0 Å². The number of nitrogens with one attached hydrogen (secondary N) is 1. The van der Waals surface area contributed by atoms with Gasteiger partial charge in [-0.05, 0) is 37.2 Å². The molecule has 0 radical (unpaired) electrons. The molecule has 25 heavy (non-hydrogen) atoms. The molecule has 2 aromatic rings. The number of nitro groups is 1. The maximum Gasteiger partial charge on any atom is 0.270 e.